The zero-order chi connectivity index (χ0) is 14.5. The summed E-state index contributed by atoms with van der Waals surface area (Å²) >= 11 is 7.22. The first-order valence-corrected chi connectivity index (χ1v) is 8.18. The van der Waals surface area contributed by atoms with Crippen LogP contribution in [0.5, 0.6) is 0 Å². The molecule has 0 saturated carbocycles. The summed E-state index contributed by atoms with van der Waals surface area (Å²) in [5.41, 5.74) is 1.08. The van der Waals surface area contributed by atoms with E-state index in [0.29, 0.717) is 0 Å². The van der Waals surface area contributed by atoms with Crippen molar-refractivity contribution >= 4 is 45.4 Å². The summed E-state index contributed by atoms with van der Waals surface area (Å²) in [6.07, 6.45) is 0. The van der Waals surface area contributed by atoms with Gasteiger partial charge in [0.1, 0.15) is 0 Å². The molecule has 0 aliphatic rings. The highest BCUT2D eigenvalue weighted by molar-refractivity contribution is 8.01. The van der Waals surface area contributed by atoms with Crippen molar-refractivity contribution in [2.24, 2.45) is 0 Å². The van der Waals surface area contributed by atoms with Crippen LogP contribution in [0.1, 0.15) is 0 Å². The third-order valence-electron chi connectivity index (χ3n) is 3.18. The van der Waals surface area contributed by atoms with Gasteiger partial charge in [-0.25, -0.2) is 0 Å². The second kappa shape index (κ2) is 6.74. The van der Waals surface area contributed by atoms with Crippen LogP contribution in [0.25, 0.3) is 10.8 Å². The van der Waals surface area contributed by atoms with Crippen molar-refractivity contribution in [2.75, 3.05) is 11.1 Å². The summed E-state index contributed by atoms with van der Waals surface area (Å²) in [7, 11) is 0. The SMILES string of the molecule is S=C(CSc1ccccc1)Nc1cccc2ccccc12. The van der Waals surface area contributed by atoms with E-state index in [1.54, 1.807) is 11.8 Å². The zero-order valence-electron chi connectivity index (χ0n) is 11.5. The number of benzene rings is 3. The lowest BCUT2D eigenvalue weighted by Crippen LogP contribution is -2.11. The van der Waals surface area contributed by atoms with Gasteiger partial charge in [0.05, 0.1) is 4.99 Å². The third-order valence-corrected chi connectivity index (χ3v) is 4.64. The Balaban J connectivity index is 1.69. The summed E-state index contributed by atoms with van der Waals surface area (Å²) < 4.78 is 0. The van der Waals surface area contributed by atoms with Gasteiger partial charge in [0.15, 0.2) is 0 Å². The lowest BCUT2D eigenvalue weighted by Gasteiger charge is -2.10. The largest absolute Gasteiger partial charge is 0.349 e. The molecule has 0 atom stereocenters. The Bertz CT molecular complexity index is 748. The highest BCUT2D eigenvalue weighted by Crippen LogP contribution is 2.24. The van der Waals surface area contributed by atoms with Crippen LogP contribution in [0.3, 0.4) is 0 Å². The molecule has 0 aliphatic heterocycles. The number of thiocarbonyl (C=S) groups is 1. The summed E-state index contributed by atoms with van der Waals surface area (Å²) in [6, 6.07) is 24.9. The Kier molecular flexibility index (Phi) is 4.53. The molecular formula is C18H15NS2. The van der Waals surface area contributed by atoms with E-state index in [9.17, 15) is 0 Å². The predicted octanol–water partition coefficient (Wildman–Crippen LogP) is 5.37. The Morgan fingerprint density at radius 3 is 2.43 bits per heavy atom. The van der Waals surface area contributed by atoms with Crippen molar-refractivity contribution < 1.29 is 0 Å². The molecule has 3 rings (SSSR count). The van der Waals surface area contributed by atoms with Crippen molar-refractivity contribution in [3.05, 3.63) is 72.8 Å². The average Bonchev–Trinajstić information content (AvgIpc) is 2.54. The monoisotopic (exact) mass is 309 g/mol. The lowest BCUT2D eigenvalue weighted by atomic mass is 10.1. The Labute approximate surface area is 134 Å². The van der Waals surface area contributed by atoms with Gasteiger partial charge in [0, 0.05) is 21.7 Å². The maximum Gasteiger partial charge on any atom is 0.0901 e. The maximum atomic E-state index is 5.47. The molecule has 3 aromatic carbocycles. The molecule has 1 N–H and O–H groups in total. The van der Waals surface area contributed by atoms with Gasteiger partial charge in [-0.15, -0.1) is 11.8 Å². The highest BCUT2D eigenvalue weighted by Gasteiger charge is 2.03. The van der Waals surface area contributed by atoms with E-state index in [2.05, 4.69) is 59.9 Å². The summed E-state index contributed by atoms with van der Waals surface area (Å²) in [5, 5.41) is 5.79. The molecule has 0 spiro atoms. The van der Waals surface area contributed by atoms with Gasteiger partial charge in [-0.2, -0.15) is 0 Å². The molecule has 0 unspecified atom stereocenters. The first-order chi connectivity index (χ1) is 10.3. The fraction of sp³-hybridized carbons (Fsp3) is 0.0556. The van der Waals surface area contributed by atoms with Crippen molar-refractivity contribution in [3.8, 4) is 0 Å². The number of thioether (sulfide) groups is 1. The topological polar surface area (TPSA) is 12.0 Å². The van der Waals surface area contributed by atoms with E-state index in [1.165, 1.54) is 15.7 Å². The molecule has 3 aromatic rings. The molecule has 104 valence electrons. The molecule has 3 heteroatoms. The second-order valence-corrected chi connectivity index (χ2v) is 6.22. The second-order valence-electron chi connectivity index (χ2n) is 4.68. The molecular weight excluding hydrogens is 294 g/mol. The molecule has 0 bridgehead atoms. The van der Waals surface area contributed by atoms with Gasteiger partial charge < -0.3 is 5.32 Å². The van der Waals surface area contributed by atoms with Crippen molar-refractivity contribution in [3.63, 3.8) is 0 Å². The van der Waals surface area contributed by atoms with Gasteiger partial charge in [-0.3, -0.25) is 0 Å². The Morgan fingerprint density at radius 1 is 0.857 bits per heavy atom. The molecule has 0 fully saturated rings. The van der Waals surface area contributed by atoms with Crippen LogP contribution in [0.15, 0.2) is 77.7 Å². The Hall–Kier alpha value is -1.84. The number of hydrogen-bond acceptors (Lipinski definition) is 2. The minimum Gasteiger partial charge on any atom is -0.349 e. The van der Waals surface area contributed by atoms with Crippen molar-refractivity contribution in [1.82, 2.24) is 0 Å². The summed E-state index contributed by atoms with van der Waals surface area (Å²) in [5.74, 6) is 0.780. The van der Waals surface area contributed by atoms with Crippen molar-refractivity contribution in [2.45, 2.75) is 4.90 Å². The zero-order valence-corrected chi connectivity index (χ0v) is 13.1. The van der Waals surface area contributed by atoms with Crippen LogP contribution >= 0.6 is 24.0 Å². The lowest BCUT2D eigenvalue weighted by molar-refractivity contribution is 1.46. The van der Waals surface area contributed by atoms with E-state index < -0.39 is 0 Å². The van der Waals surface area contributed by atoms with Crippen LogP contribution in [-0.4, -0.2) is 10.7 Å². The standard InChI is InChI=1S/C18H15NS2/c20-18(13-21-15-9-2-1-3-10-15)19-17-12-6-8-14-7-4-5-11-16(14)17/h1-12H,13H2,(H,19,20). The molecule has 0 aliphatic carbocycles. The molecule has 0 radical (unpaired) electrons. The first-order valence-electron chi connectivity index (χ1n) is 6.78. The van der Waals surface area contributed by atoms with Gasteiger partial charge in [0.2, 0.25) is 0 Å². The average molecular weight is 309 g/mol. The Morgan fingerprint density at radius 2 is 1.57 bits per heavy atom. The summed E-state index contributed by atoms with van der Waals surface area (Å²) in [4.78, 5) is 2.08. The normalized spacial score (nSPS) is 10.5. The van der Waals surface area contributed by atoms with Crippen LogP contribution in [-0.2, 0) is 0 Å². The number of hydrogen-bond donors (Lipinski definition) is 1. The molecule has 21 heavy (non-hydrogen) atoms. The maximum absolute atomic E-state index is 5.47. The third kappa shape index (κ3) is 3.63. The van der Waals surface area contributed by atoms with Crippen LogP contribution in [0, 0.1) is 0 Å². The first kappa shape index (κ1) is 14.1. The van der Waals surface area contributed by atoms with E-state index >= 15 is 0 Å². The smallest absolute Gasteiger partial charge is 0.0901 e. The molecule has 0 saturated heterocycles. The quantitative estimate of drug-likeness (QED) is 0.514. The van der Waals surface area contributed by atoms with E-state index in [4.69, 9.17) is 12.2 Å². The minimum atomic E-state index is 0.780. The number of anilines is 1. The van der Waals surface area contributed by atoms with Crippen LogP contribution < -0.4 is 5.32 Å². The fourth-order valence-electron chi connectivity index (χ4n) is 2.19. The van der Waals surface area contributed by atoms with Crippen LogP contribution in [0.2, 0.25) is 0 Å². The van der Waals surface area contributed by atoms with Gasteiger partial charge in [0.25, 0.3) is 0 Å². The van der Waals surface area contributed by atoms with Gasteiger partial charge >= 0.3 is 0 Å². The fourth-order valence-corrected chi connectivity index (χ4v) is 3.19. The van der Waals surface area contributed by atoms with Gasteiger partial charge in [-0.1, -0.05) is 66.8 Å². The van der Waals surface area contributed by atoms with E-state index in [0.717, 1.165) is 16.4 Å². The predicted molar refractivity (Wildman–Crippen MR) is 97.3 cm³/mol. The molecule has 0 amide bonds. The van der Waals surface area contributed by atoms with Crippen molar-refractivity contribution in [1.29, 1.82) is 0 Å². The highest BCUT2D eigenvalue weighted by atomic mass is 32.2. The summed E-state index contributed by atoms with van der Waals surface area (Å²) in [6.45, 7) is 0. The molecule has 0 aromatic heterocycles. The van der Waals surface area contributed by atoms with E-state index in [1.807, 2.05) is 18.2 Å². The number of nitrogens with one attached hydrogen (secondary N) is 1. The minimum absolute atomic E-state index is 0.780. The molecule has 0 heterocycles. The van der Waals surface area contributed by atoms with Crippen LogP contribution in [0.4, 0.5) is 5.69 Å². The molecule has 1 nitrogen and oxygen atoms in total. The number of rotatable bonds is 4. The number of fused-ring (bicyclic) bond motifs is 1. The van der Waals surface area contributed by atoms with Gasteiger partial charge in [-0.05, 0) is 23.6 Å². The van der Waals surface area contributed by atoms with E-state index in [-0.39, 0.29) is 0 Å².